The van der Waals surface area contributed by atoms with E-state index in [2.05, 4.69) is 43.9 Å². The van der Waals surface area contributed by atoms with E-state index < -0.39 is 0 Å². The monoisotopic (exact) mass is 249 g/mol. The number of carbonyl (C=O) groups is 1. The van der Waals surface area contributed by atoms with Gasteiger partial charge in [-0.1, -0.05) is 12.1 Å². The van der Waals surface area contributed by atoms with E-state index in [4.69, 9.17) is 0 Å². The highest BCUT2D eigenvalue weighted by molar-refractivity contribution is 8.00. The van der Waals surface area contributed by atoms with Crippen LogP contribution in [-0.4, -0.2) is 17.7 Å². The summed E-state index contributed by atoms with van der Waals surface area (Å²) in [6, 6.07) is 6.27. The molecule has 17 heavy (non-hydrogen) atoms. The van der Waals surface area contributed by atoms with Crippen LogP contribution in [0.25, 0.3) is 0 Å². The molecule has 0 spiro atoms. The molecule has 0 aromatic heterocycles. The van der Waals surface area contributed by atoms with Crippen molar-refractivity contribution in [2.45, 2.75) is 30.9 Å². The summed E-state index contributed by atoms with van der Waals surface area (Å²) in [5, 5.41) is 2.71. The average molecular weight is 249 g/mol. The van der Waals surface area contributed by atoms with Crippen molar-refractivity contribution in [3.8, 4) is 0 Å². The van der Waals surface area contributed by atoms with Crippen molar-refractivity contribution in [2.75, 3.05) is 6.54 Å². The van der Waals surface area contributed by atoms with E-state index in [0.29, 0.717) is 6.54 Å². The van der Waals surface area contributed by atoms with E-state index >= 15 is 0 Å². The van der Waals surface area contributed by atoms with Crippen LogP contribution in [0.15, 0.2) is 35.7 Å². The maximum Gasteiger partial charge on any atom is 0.233 e. The zero-order valence-electron chi connectivity index (χ0n) is 10.6. The fourth-order valence-corrected chi connectivity index (χ4v) is 2.35. The predicted octanol–water partition coefficient (Wildman–Crippen LogP) is 3.09. The molecule has 1 unspecified atom stereocenters. The number of nitrogens with one attached hydrogen (secondary N) is 1. The number of hydrogen-bond donors (Lipinski definition) is 1. The van der Waals surface area contributed by atoms with Crippen LogP contribution in [0.5, 0.6) is 0 Å². The smallest absolute Gasteiger partial charge is 0.233 e. The third kappa shape index (κ3) is 4.27. The van der Waals surface area contributed by atoms with Crippen LogP contribution >= 0.6 is 11.8 Å². The van der Waals surface area contributed by atoms with Gasteiger partial charge in [-0.25, -0.2) is 0 Å². The predicted molar refractivity (Wildman–Crippen MR) is 74.4 cm³/mol. The molecule has 0 saturated heterocycles. The Hall–Kier alpha value is -1.22. The average Bonchev–Trinajstić information content (AvgIpc) is 2.30. The zero-order valence-corrected chi connectivity index (χ0v) is 11.4. The van der Waals surface area contributed by atoms with Crippen molar-refractivity contribution in [1.82, 2.24) is 5.32 Å². The second-order valence-electron chi connectivity index (χ2n) is 4.04. The zero-order chi connectivity index (χ0) is 12.8. The summed E-state index contributed by atoms with van der Waals surface area (Å²) in [6.45, 7) is 10.2. The number of amides is 1. The Balaban J connectivity index is 2.61. The van der Waals surface area contributed by atoms with E-state index in [1.54, 1.807) is 17.8 Å². The molecule has 0 aliphatic carbocycles. The summed E-state index contributed by atoms with van der Waals surface area (Å²) in [4.78, 5) is 12.8. The SMILES string of the molecule is C=CCNC(=O)C(C)Sc1ccc(C)c(C)c1. The molecule has 0 aliphatic rings. The molecule has 0 bridgehead atoms. The lowest BCUT2D eigenvalue weighted by Crippen LogP contribution is -2.30. The highest BCUT2D eigenvalue weighted by Crippen LogP contribution is 2.25. The van der Waals surface area contributed by atoms with E-state index in [1.807, 2.05) is 6.92 Å². The first-order valence-electron chi connectivity index (χ1n) is 5.67. The van der Waals surface area contributed by atoms with Gasteiger partial charge in [-0.05, 0) is 44.0 Å². The quantitative estimate of drug-likeness (QED) is 0.642. The second-order valence-corrected chi connectivity index (χ2v) is 5.45. The number of rotatable bonds is 5. The summed E-state index contributed by atoms with van der Waals surface area (Å²) >= 11 is 1.58. The molecular formula is C14H19NOS. The molecule has 0 saturated carbocycles. The molecule has 92 valence electrons. The minimum absolute atomic E-state index is 0.0492. The van der Waals surface area contributed by atoms with Crippen molar-refractivity contribution in [2.24, 2.45) is 0 Å². The third-order valence-corrected chi connectivity index (χ3v) is 3.67. The first-order valence-corrected chi connectivity index (χ1v) is 6.55. The van der Waals surface area contributed by atoms with Crippen molar-refractivity contribution in [1.29, 1.82) is 0 Å². The van der Waals surface area contributed by atoms with Gasteiger partial charge in [-0.3, -0.25) is 4.79 Å². The Labute approximate surface area is 107 Å². The number of thioether (sulfide) groups is 1. The van der Waals surface area contributed by atoms with E-state index in [0.717, 1.165) is 4.90 Å². The van der Waals surface area contributed by atoms with Crippen LogP contribution in [0, 0.1) is 13.8 Å². The summed E-state index contributed by atoms with van der Waals surface area (Å²) in [6.07, 6.45) is 1.69. The normalized spacial score (nSPS) is 11.9. The van der Waals surface area contributed by atoms with Gasteiger partial charge in [0.2, 0.25) is 5.91 Å². The molecule has 1 aromatic rings. The highest BCUT2D eigenvalue weighted by Gasteiger charge is 2.13. The maximum absolute atomic E-state index is 11.7. The van der Waals surface area contributed by atoms with Crippen molar-refractivity contribution < 1.29 is 4.79 Å². The van der Waals surface area contributed by atoms with Crippen LogP contribution in [0.3, 0.4) is 0 Å². The van der Waals surface area contributed by atoms with Crippen molar-refractivity contribution in [3.63, 3.8) is 0 Å². The minimum atomic E-state index is -0.0861. The van der Waals surface area contributed by atoms with Gasteiger partial charge < -0.3 is 5.32 Å². The lowest BCUT2D eigenvalue weighted by Gasteiger charge is -2.11. The molecule has 0 heterocycles. The fraction of sp³-hybridized carbons (Fsp3) is 0.357. The second kappa shape index (κ2) is 6.50. The Morgan fingerprint density at radius 3 is 2.76 bits per heavy atom. The van der Waals surface area contributed by atoms with Crippen LogP contribution < -0.4 is 5.32 Å². The van der Waals surface area contributed by atoms with Gasteiger partial charge in [0.1, 0.15) is 0 Å². The first kappa shape index (κ1) is 13.8. The molecule has 3 heteroatoms. The number of benzene rings is 1. The lowest BCUT2D eigenvalue weighted by atomic mass is 10.1. The molecule has 0 aliphatic heterocycles. The fourth-order valence-electron chi connectivity index (χ4n) is 1.36. The van der Waals surface area contributed by atoms with Gasteiger partial charge in [-0.2, -0.15) is 0 Å². The molecule has 2 nitrogen and oxygen atoms in total. The molecule has 0 fully saturated rings. The molecule has 1 rings (SSSR count). The largest absolute Gasteiger partial charge is 0.352 e. The van der Waals surface area contributed by atoms with E-state index in [-0.39, 0.29) is 11.2 Å². The summed E-state index contributed by atoms with van der Waals surface area (Å²) in [5.74, 6) is 0.0492. The van der Waals surface area contributed by atoms with E-state index in [1.165, 1.54) is 11.1 Å². The standard InChI is InChI=1S/C14H19NOS/c1-5-8-15-14(16)12(4)17-13-7-6-10(2)11(3)9-13/h5-7,9,12H,1,8H2,2-4H3,(H,15,16). The Morgan fingerprint density at radius 2 is 2.18 bits per heavy atom. The van der Waals surface area contributed by atoms with Gasteiger partial charge in [-0.15, -0.1) is 18.3 Å². The molecule has 1 atom stereocenters. The maximum atomic E-state index is 11.7. The number of carbonyl (C=O) groups excluding carboxylic acids is 1. The van der Waals surface area contributed by atoms with Gasteiger partial charge >= 0.3 is 0 Å². The minimum Gasteiger partial charge on any atom is -0.352 e. The Morgan fingerprint density at radius 1 is 1.47 bits per heavy atom. The van der Waals surface area contributed by atoms with Crippen LogP contribution in [0.4, 0.5) is 0 Å². The molecule has 0 radical (unpaired) electrons. The molecular weight excluding hydrogens is 230 g/mol. The summed E-state index contributed by atoms with van der Waals surface area (Å²) in [7, 11) is 0. The highest BCUT2D eigenvalue weighted by atomic mass is 32.2. The summed E-state index contributed by atoms with van der Waals surface area (Å²) in [5.41, 5.74) is 2.53. The topological polar surface area (TPSA) is 29.1 Å². The van der Waals surface area contributed by atoms with Gasteiger partial charge in [0.25, 0.3) is 0 Å². The van der Waals surface area contributed by atoms with Crippen LogP contribution in [0.2, 0.25) is 0 Å². The van der Waals surface area contributed by atoms with E-state index in [9.17, 15) is 4.79 Å². The van der Waals surface area contributed by atoms with Crippen molar-refractivity contribution >= 4 is 17.7 Å². The molecule has 1 N–H and O–H groups in total. The number of hydrogen-bond acceptors (Lipinski definition) is 2. The Bertz CT molecular complexity index is 415. The summed E-state index contributed by atoms with van der Waals surface area (Å²) < 4.78 is 0. The van der Waals surface area contributed by atoms with Gasteiger partial charge in [0, 0.05) is 11.4 Å². The Kier molecular flexibility index (Phi) is 5.29. The van der Waals surface area contributed by atoms with Crippen molar-refractivity contribution in [3.05, 3.63) is 42.0 Å². The lowest BCUT2D eigenvalue weighted by molar-refractivity contribution is -0.120. The molecule has 1 amide bonds. The first-order chi connectivity index (χ1) is 8.04. The van der Waals surface area contributed by atoms with Crippen LogP contribution in [0.1, 0.15) is 18.1 Å². The number of aryl methyl sites for hydroxylation is 2. The van der Waals surface area contributed by atoms with Crippen LogP contribution in [-0.2, 0) is 4.79 Å². The third-order valence-electron chi connectivity index (χ3n) is 2.58. The van der Waals surface area contributed by atoms with Gasteiger partial charge in [0.05, 0.1) is 5.25 Å². The molecule has 1 aromatic carbocycles. The van der Waals surface area contributed by atoms with Gasteiger partial charge in [0.15, 0.2) is 0 Å².